The molecule has 0 bridgehead atoms. The molecule has 16 heavy (non-hydrogen) atoms. The van der Waals surface area contributed by atoms with Gasteiger partial charge in [-0.3, -0.25) is 0 Å². The Hall–Kier alpha value is -1.23. The third-order valence-electron chi connectivity index (χ3n) is 2.05. The predicted octanol–water partition coefficient (Wildman–Crippen LogP) is 4.50. The van der Waals surface area contributed by atoms with Crippen LogP contribution in [0.25, 0.3) is 10.8 Å². The highest BCUT2D eigenvalue weighted by atomic mass is 79.9. The van der Waals surface area contributed by atoms with Crippen molar-refractivity contribution < 1.29 is 17.9 Å². The van der Waals surface area contributed by atoms with E-state index >= 15 is 0 Å². The van der Waals surface area contributed by atoms with E-state index in [4.69, 9.17) is 0 Å². The van der Waals surface area contributed by atoms with Crippen LogP contribution in [0.15, 0.2) is 40.9 Å². The number of ether oxygens (including phenoxy) is 1. The molecule has 0 unspecified atom stereocenters. The van der Waals surface area contributed by atoms with E-state index in [1.165, 1.54) is 6.07 Å². The summed E-state index contributed by atoms with van der Waals surface area (Å²) < 4.78 is 40.4. The molecule has 0 heterocycles. The summed E-state index contributed by atoms with van der Waals surface area (Å²) >= 11 is 3.11. The van der Waals surface area contributed by atoms with Gasteiger partial charge in [0.1, 0.15) is 5.75 Å². The van der Waals surface area contributed by atoms with Gasteiger partial charge in [-0.2, -0.15) is 0 Å². The van der Waals surface area contributed by atoms with Crippen molar-refractivity contribution in [1.82, 2.24) is 0 Å². The lowest BCUT2D eigenvalue weighted by Gasteiger charge is -2.11. The summed E-state index contributed by atoms with van der Waals surface area (Å²) in [6.07, 6.45) is -4.68. The van der Waals surface area contributed by atoms with Gasteiger partial charge in [-0.15, -0.1) is 13.2 Å². The summed E-state index contributed by atoms with van der Waals surface area (Å²) in [5.41, 5.74) is 0. The van der Waals surface area contributed by atoms with Gasteiger partial charge < -0.3 is 4.74 Å². The first-order valence-corrected chi connectivity index (χ1v) is 5.20. The maximum atomic E-state index is 12.1. The van der Waals surface area contributed by atoms with Crippen molar-refractivity contribution in [2.45, 2.75) is 6.36 Å². The molecule has 0 N–H and O–H groups in total. The van der Waals surface area contributed by atoms with Gasteiger partial charge in [0.2, 0.25) is 0 Å². The minimum atomic E-state index is -4.68. The summed E-state index contributed by atoms with van der Waals surface area (Å²) in [6.45, 7) is 0. The number of alkyl halides is 3. The molecule has 0 aliphatic heterocycles. The Labute approximate surface area is 98.0 Å². The fourth-order valence-corrected chi connectivity index (χ4v) is 1.99. The number of rotatable bonds is 1. The minimum absolute atomic E-state index is 0.230. The van der Waals surface area contributed by atoms with Crippen molar-refractivity contribution in [3.8, 4) is 5.75 Å². The number of fused-ring (bicyclic) bond motifs is 1. The number of halogens is 4. The van der Waals surface area contributed by atoms with Gasteiger partial charge in [-0.05, 0) is 32.8 Å². The van der Waals surface area contributed by atoms with Crippen molar-refractivity contribution in [1.29, 1.82) is 0 Å². The van der Waals surface area contributed by atoms with Gasteiger partial charge in [0, 0.05) is 0 Å². The molecule has 0 spiro atoms. The molecule has 84 valence electrons. The van der Waals surface area contributed by atoms with Crippen LogP contribution in [0, 0.1) is 0 Å². The van der Waals surface area contributed by atoms with Gasteiger partial charge in [0.05, 0.1) is 4.47 Å². The molecule has 0 fully saturated rings. The average molecular weight is 291 g/mol. The fourth-order valence-electron chi connectivity index (χ4n) is 1.42. The first kappa shape index (κ1) is 11.3. The van der Waals surface area contributed by atoms with E-state index in [-0.39, 0.29) is 5.75 Å². The topological polar surface area (TPSA) is 9.23 Å². The third kappa shape index (κ3) is 2.29. The van der Waals surface area contributed by atoms with E-state index in [2.05, 4.69) is 20.7 Å². The van der Waals surface area contributed by atoms with Crippen molar-refractivity contribution in [3.05, 3.63) is 40.9 Å². The Morgan fingerprint density at radius 2 is 1.69 bits per heavy atom. The molecule has 0 radical (unpaired) electrons. The number of hydrogen-bond acceptors (Lipinski definition) is 1. The van der Waals surface area contributed by atoms with Crippen LogP contribution in [0.5, 0.6) is 5.75 Å². The molecule has 0 saturated carbocycles. The molecule has 0 amide bonds. The first-order chi connectivity index (χ1) is 7.47. The Bertz CT molecular complexity index is 522. The van der Waals surface area contributed by atoms with Gasteiger partial charge in [0.25, 0.3) is 0 Å². The predicted molar refractivity (Wildman–Crippen MR) is 58.3 cm³/mol. The molecule has 2 rings (SSSR count). The summed E-state index contributed by atoms with van der Waals surface area (Å²) in [7, 11) is 0. The molecule has 2 aromatic rings. The normalized spacial score (nSPS) is 11.8. The Morgan fingerprint density at radius 1 is 1.00 bits per heavy atom. The van der Waals surface area contributed by atoms with Crippen molar-refractivity contribution in [2.24, 2.45) is 0 Å². The maximum Gasteiger partial charge on any atom is 0.573 e. The Kier molecular flexibility index (Phi) is 2.80. The second-order valence-corrected chi connectivity index (χ2v) is 3.94. The van der Waals surface area contributed by atoms with Crippen LogP contribution < -0.4 is 4.74 Å². The van der Waals surface area contributed by atoms with Crippen molar-refractivity contribution in [3.63, 3.8) is 0 Å². The second kappa shape index (κ2) is 3.97. The summed E-state index contributed by atoms with van der Waals surface area (Å²) in [5, 5.41) is 1.54. The summed E-state index contributed by atoms with van der Waals surface area (Å²) in [4.78, 5) is 0. The smallest absolute Gasteiger partial charge is 0.405 e. The molecule has 0 aliphatic rings. The highest BCUT2D eigenvalue weighted by Gasteiger charge is 2.32. The van der Waals surface area contributed by atoms with Crippen LogP contribution in [0.3, 0.4) is 0 Å². The van der Waals surface area contributed by atoms with Crippen LogP contribution >= 0.6 is 15.9 Å². The molecular formula is C11H6BrF3O. The lowest BCUT2D eigenvalue weighted by atomic mass is 10.1. The SMILES string of the molecule is FC(F)(F)Oc1ccc2ccccc2c1Br. The van der Waals surface area contributed by atoms with E-state index in [0.29, 0.717) is 9.86 Å². The van der Waals surface area contributed by atoms with E-state index in [1.54, 1.807) is 18.2 Å². The van der Waals surface area contributed by atoms with Gasteiger partial charge in [-0.25, -0.2) is 0 Å². The Balaban J connectivity index is 2.53. The third-order valence-corrected chi connectivity index (χ3v) is 2.87. The molecular weight excluding hydrogens is 285 g/mol. The zero-order valence-corrected chi connectivity index (χ0v) is 9.47. The van der Waals surface area contributed by atoms with E-state index in [9.17, 15) is 13.2 Å². The molecule has 0 aromatic heterocycles. The molecule has 0 aliphatic carbocycles. The van der Waals surface area contributed by atoms with Crippen molar-refractivity contribution >= 4 is 26.7 Å². The van der Waals surface area contributed by atoms with E-state index in [0.717, 1.165) is 5.39 Å². The number of hydrogen-bond donors (Lipinski definition) is 0. The van der Waals surface area contributed by atoms with Crippen LogP contribution in [0.2, 0.25) is 0 Å². The van der Waals surface area contributed by atoms with Crippen LogP contribution in [0.1, 0.15) is 0 Å². The average Bonchev–Trinajstić information content (AvgIpc) is 2.21. The fraction of sp³-hybridized carbons (Fsp3) is 0.0909. The minimum Gasteiger partial charge on any atom is -0.405 e. The maximum absolute atomic E-state index is 12.1. The van der Waals surface area contributed by atoms with Crippen molar-refractivity contribution in [2.75, 3.05) is 0 Å². The zero-order chi connectivity index (χ0) is 11.8. The number of benzene rings is 2. The highest BCUT2D eigenvalue weighted by molar-refractivity contribution is 9.10. The first-order valence-electron chi connectivity index (χ1n) is 4.40. The Morgan fingerprint density at radius 3 is 2.38 bits per heavy atom. The largest absolute Gasteiger partial charge is 0.573 e. The molecule has 2 aromatic carbocycles. The highest BCUT2D eigenvalue weighted by Crippen LogP contribution is 2.35. The zero-order valence-electron chi connectivity index (χ0n) is 7.88. The van der Waals surface area contributed by atoms with Crippen LogP contribution in [-0.2, 0) is 0 Å². The standard InChI is InChI=1S/C11H6BrF3O/c12-10-8-4-2-1-3-7(8)5-6-9(10)16-11(13,14)15/h1-6H. The van der Waals surface area contributed by atoms with E-state index in [1.807, 2.05) is 12.1 Å². The lowest BCUT2D eigenvalue weighted by Crippen LogP contribution is -2.17. The van der Waals surface area contributed by atoms with Crippen LogP contribution in [-0.4, -0.2) is 6.36 Å². The van der Waals surface area contributed by atoms with Crippen LogP contribution in [0.4, 0.5) is 13.2 Å². The monoisotopic (exact) mass is 290 g/mol. The summed E-state index contributed by atoms with van der Waals surface area (Å²) in [6, 6.07) is 9.99. The van der Waals surface area contributed by atoms with Gasteiger partial charge in [-0.1, -0.05) is 30.3 Å². The summed E-state index contributed by atoms with van der Waals surface area (Å²) in [5.74, 6) is -0.230. The molecule has 0 saturated heterocycles. The molecule has 0 atom stereocenters. The lowest BCUT2D eigenvalue weighted by molar-refractivity contribution is -0.274. The van der Waals surface area contributed by atoms with Gasteiger partial charge >= 0.3 is 6.36 Å². The van der Waals surface area contributed by atoms with Gasteiger partial charge in [0.15, 0.2) is 0 Å². The molecule has 5 heteroatoms. The quantitative estimate of drug-likeness (QED) is 0.751. The second-order valence-electron chi connectivity index (χ2n) is 3.15. The molecule has 1 nitrogen and oxygen atoms in total. The van der Waals surface area contributed by atoms with E-state index < -0.39 is 6.36 Å².